The van der Waals surface area contributed by atoms with Gasteiger partial charge in [-0.1, -0.05) is 12.8 Å². The van der Waals surface area contributed by atoms with Gasteiger partial charge in [-0.3, -0.25) is 0 Å². The minimum absolute atomic E-state index is 0.235. The number of fused-ring (bicyclic) bond motifs is 1. The Labute approximate surface area is 104 Å². The number of rotatable bonds is 1. The zero-order valence-electron chi connectivity index (χ0n) is 9.23. The molecule has 0 amide bonds. The first-order chi connectivity index (χ1) is 8.29. The van der Waals surface area contributed by atoms with Gasteiger partial charge in [-0.25, -0.2) is 4.98 Å². The van der Waals surface area contributed by atoms with Crippen molar-refractivity contribution in [3.8, 4) is 6.07 Å². The SMILES string of the molecule is N#Cc1cc2cnc(Cl)nc2n1C1CCCC1. The molecule has 2 heterocycles. The van der Waals surface area contributed by atoms with Crippen LogP contribution in [0, 0.1) is 11.3 Å². The van der Waals surface area contributed by atoms with Crippen LogP contribution in [0.4, 0.5) is 0 Å². The predicted octanol–water partition coefficient (Wildman–Crippen LogP) is 3.07. The van der Waals surface area contributed by atoms with E-state index in [4.69, 9.17) is 11.6 Å². The fourth-order valence-corrected chi connectivity index (χ4v) is 2.73. The Bertz CT molecular complexity index is 605. The largest absolute Gasteiger partial charge is 0.314 e. The minimum Gasteiger partial charge on any atom is -0.314 e. The maximum Gasteiger partial charge on any atom is 0.224 e. The van der Waals surface area contributed by atoms with Crippen LogP contribution < -0.4 is 0 Å². The van der Waals surface area contributed by atoms with Gasteiger partial charge in [0, 0.05) is 17.6 Å². The smallest absolute Gasteiger partial charge is 0.224 e. The highest BCUT2D eigenvalue weighted by atomic mass is 35.5. The van der Waals surface area contributed by atoms with Gasteiger partial charge in [0.15, 0.2) is 0 Å². The molecular weight excluding hydrogens is 236 g/mol. The number of nitrogens with zero attached hydrogens (tertiary/aromatic N) is 4. The second-order valence-corrected chi connectivity index (χ2v) is 4.71. The van der Waals surface area contributed by atoms with Gasteiger partial charge in [-0.15, -0.1) is 0 Å². The lowest BCUT2D eigenvalue weighted by atomic mass is 10.2. The van der Waals surface area contributed by atoms with Gasteiger partial charge in [-0.2, -0.15) is 10.2 Å². The molecule has 0 atom stereocenters. The van der Waals surface area contributed by atoms with Crippen molar-refractivity contribution >= 4 is 22.6 Å². The van der Waals surface area contributed by atoms with E-state index in [1.807, 2.05) is 10.6 Å². The molecule has 5 heteroatoms. The summed E-state index contributed by atoms with van der Waals surface area (Å²) in [6.07, 6.45) is 6.33. The Hall–Kier alpha value is -1.60. The fourth-order valence-electron chi connectivity index (χ4n) is 2.61. The first-order valence-electron chi connectivity index (χ1n) is 5.73. The van der Waals surface area contributed by atoms with Gasteiger partial charge >= 0.3 is 0 Å². The fraction of sp³-hybridized carbons (Fsp3) is 0.417. The zero-order chi connectivity index (χ0) is 11.8. The maximum atomic E-state index is 9.20. The maximum absolute atomic E-state index is 9.20. The van der Waals surface area contributed by atoms with Crippen LogP contribution in [0.15, 0.2) is 12.3 Å². The lowest BCUT2D eigenvalue weighted by Gasteiger charge is -2.13. The molecule has 86 valence electrons. The van der Waals surface area contributed by atoms with Crippen LogP contribution >= 0.6 is 11.6 Å². The molecular formula is C12H11ClN4. The molecule has 17 heavy (non-hydrogen) atoms. The number of hydrogen-bond acceptors (Lipinski definition) is 3. The van der Waals surface area contributed by atoms with Crippen LogP contribution in [0.2, 0.25) is 5.28 Å². The van der Waals surface area contributed by atoms with E-state index in [-0.39, 0.29) is 5.28 Å². The van der Waals surface area contributed by atoms with Gasteiger partial charge in [-0.05, 0) is 30.5 Å². The van der Waals surface area contributed by atoms with E-state index in [0.717, 1.165) is 23.9 Å². The van der Waals surface area contributed by atoms with Crippen LogP contribution in [-0.4, -0.2) is 14.5 Å². The van der Waals surface area contributed by atoms with Crippen LogP contribution in [0.3, 0.4) is 0 Å². The molecule has 0 spiro atoms. The number of aromatic nitrogens is 3. The molecule has 0 saturated heterocycles. The molecule has 1 saturated carbocycles. The Morgan fingerprint density at radius 2 is 2.18 bits per heavy atom. The summed E-state index contributed by atoms with van der Waals surface area (Å²) in [4.78, 5) is 8.21. The van der Waals surface area contributed by atoms with E-state index in [1.54, 1.807) is 6.20 Å². The molecule has 0 aromatic carbocycles. The van der Waals surface area contributed by atoms with Crippen LogP contribution in [0.5, 0.6) is 0 Å². The van der Waals surface area contributed by atoms with E-state index < -0.39 is 0 Å². The molecule has 4 nitrogen and oxygen atoms in total. The van der Waals surface area contributed by atoms with Crippen molar-refractivity contribution in [3.05, 3.63) is 23.2 Å². The summed E-state index contributed by atoms with van der Waals surface area (Å²) in [6.45, 7) is 0. The number of nitriles is 1. The monoisotopic (exact) mass is 246 g/mol. The van der Waals surface area contributed by atoms with Gasteiger partial charge in [0.1, 0.15) is 17.4 Å². The second kappa shape index (κ2) is 4.01. The Kier molecular flexibility index (Phi) is 2.49. The third-order valence-corrected chi connectivity index (χ3v) is 3.53. The molecule has 0 bridgehead atoms. The quantitative estimate of drug-likeness (QED) is 0.727. The normalized spacial score (nSPS) is 16.5. The lowest BCUT2D eigenvalue weighted by Crippen LogP contribution is -2.07. The molecule has 3 rings (SSSR count). The van der Waals surface area contributed by atoms with Crippen molar-refractivity contribution in [3.63, 3.8) is 0 Å². The van der Waals surface area contributed by atoms with E-state index in [1.165, 1.54) is 12.8 Å². The average Bonchev–Trinajstić information content (AvgIpc) is 2.93. The zero-order valence-corrected chi connectivity index (χ0v) is 9.98. The van der Waals surface area contributed by atoms with E-state index in [2.05, 4.69) is 16.0 Å². The van der Waals surface area contributed by atoms with E-state index in [9.17, 15) is 5.26 Å². The van der Waals surface area contributed by atoms with Gasteiger partial charge < -0.3 is 4.57 Å². The standard InChI is InChI=1S/C12H11ClN4/c13-12-15-7-8-5-10(6-14)17(11(8)16-12)9-3-1-2-4-9/h5,7,9H,1-4H2. The van der Waals surface area contributed by atoms with Crippen LogP contribution in [0.25, 0.3) is 11.0 Å². The van der Waals surface area contributed by atoms with Gasteiger partial charge in [0.05, 0.1) is 0 Å². The van der Waals surface area contributed by atoms with E-state index in [0.29, 0.717) is 11.7 Å². The average molecular weight is 247 g/mol. The molecule has 2 aromatic heterocycles. The Morgan fingerprint density at radius 3 is 2.88 bits per heavy atom. The molecule has 0 N–H and O–H groups in total. The van der Waals surface area contributed by atoms with Gasteiger partial charge in [0.2, 0.25) is 5.28 Å². The number of halogens is 1. The minimum atomic E-state index is 0.235. The van der Waals surface area contributed by atoms with Gasteiger partial charge in [0.25, 0.3) is 0 Å². The Balaban J connectivity index is 2.25. The van der Waals surface area contributed by atoms with Crippen LogP contribution in [0.1, 0.15) is 37.4 Å². The molecule has 0 aliphatic heterocycles. The summed E-state index contributed by atoms with van der Waals surface area (Å²) in [7, 11) is 0. The topological polar surface area (TPSA) is 54.5 Å². The molecule has 1 aliphatic rings. The predicted molar refractivity (Wildman–Crippen MR) is 64.8 cm³/mol. The summed E-state index contributed by atoms with van der Waals surface area (Å²) in [5, 5.41) is 10.3. The van der Waals surface area contributed by atoms with Crippen LogP contribution in [-0.2, 0) is 0 Å². The summed E-state index contributed by atoms with van der Waals surface area (Å²) in [5.41, 5.74) is 1.44. The lowest BCUT2D eigenvalue weighted by molar-refractivity contribution is 0.528. The summed E-state index contributed by atoms with van der Waals surface area (Å²) >= 11 is 5.83. The first kappa shape index (κ1) is 10.5. The third kappa shape index (κ3) is 1.67. The molecule has 1 fully saturated rings. The van der Waals surface area contributed by atoms with Crippen molar-refractivity contribution in [1.29, 1.82) is 5.26 Å². The highest BCUT2D eigenvalue weighted by Gasteiger charge is 2.22. The molecule has 0 unspecified atom stereocenters. The van der Waals surface area contributed by atoms with Crippen molar-refractivity contribution in [1.82, 2.24) is 14.5 Å². The van der Waals surface area contributed by atoms with E-state index >= 15 is 0 Å². The molecule has 0 radical (unpaired) electrons. The van der Waals surface area contributed by atoms with Crippen molar-refractivity contribution in [2.45, 2.75) is 31.7 Å². The summed E-state index contributed by atoms with van der Waals surface area (Å²) in [5.74, 6) is 0. The molecule has 2 aromatic rings. The highest BCUT2D eigenvalue weighted by Crippen LogP contribution is 2.34. The molecule has 1 aliphatic carbocycles. The first-order valence-corrected chi connectivity index (χ1v) is 6.11. The number of hydrogen-bond donors (Lipinski definition) is 0. The summed E-state index contributed by atoms with van der Waals surface area (Å²) < 4.78 is 2.02. The third-order valence-electron chi connectivity index (χ3n) is 3.35. The summed E-state index contributed by atoms with van der Waals surface area (Å²) in [6, 6.07) is 4.45. The highest BCUT2D eigenvalue weighted by molar-refractivity contribution is 6.28. The van der Waals surface area contributed by atoms with Crippen molar-refractivity contribution in [2.24, 2.45) is 0 Å². The van der Waals surface area contributed by atoms with Crippen molar-refractivity contribution < 1.29 is 0 Å². The Morgan fingerprint density at radius 1 is 1.41 bits per heavy atom. The second-order valence-electron chi connectivity index (χ2n) is 4.37. The van der Waals surface area contributed by atoms with Crippen molar-refractivity contribution in [2.75, 3.05) is 0 Å².